The Kier molecular flexibility index (Phi) is 6.06. The zero-order chi connectivity index (χ0) is 10.2. The summed E-state index contributed by atoms with van der Waals surface area (Å²) in [5.41, 5.74) is 0. The summed E-state index contributed by atoms with van der Waals surface area (Å²) in [6.07, 6.45) is 9.30. The molecule has 1 aliphatic carbocycles. The van der Waals surface area contributed by atoms with Crippen LogP contribution in [0.15, 0.2) is 0 Å². The molecule has 0 atom stereocenters. The summed E-state index contributed by atoms with van der Waals surface area (Å²) in [5.74, 6) is 3.95. The molecule has 0 aromatic carbocycles. The first-order valence-corrected chi connectivity index (χ1v) is 5.68. The van der Waals surface area contributed by atoms with Gasteiger partial charge in [0.25, 0.3) is 0 Å². The van der Waals surface area contributed by atoms with E-state index in [1.54, 1.807) is 0 Å². The molecule has 0 aliphatic heterocycles. The molecule has 1 saturated carbocycles. The molecule has 14 heavy (non-hydrogen) atoms. The molecular weight excluding hydrogens is 165 g/mol. The molecular formula is C11H17B3. The van der Waals surface area contributed by atoms with Crippen molar-refractivity contribution in [3.63, 3.8) is 0 Å². The van der Waals surface area contributed by atoms with Gasteiger partial charge in [-0.25, -0.2) is 0 Å². The summed E-state index contributed by atoms with van der Waals surface area (Å²) in [5, 5.41) is 1.01. The van der Waals surface area contributed by atoms with Crippen LogP contribution in [0, 0.1) is 5.92 Å². The van der Waals surface area contributed by atoms with E-state index in [1.165, 1.54) is 50.9 Å². The Morgan fingerprint density at radius 2 is 1.64 bits per heavy atom. The minimum atomic E-state index is 0.589. The van der Waals surface area contributed by atoms with Gasteiger partial charge in [0, 0.05) is 0 Å². The van der Waals surface area contributed by atoms with Gasteiger partial charge in [0.05, 0.1) is 0 Å². The first-order valence-electron chi connectivity index (χ1n) is 5.68. The summed E-state index contributed by atoms with van der Waals surface area (Å²) in [6.45, 7) is 1.95. The SMILES string of the molecule is [B]=CC=BC(=[B])C1CCCCCCC1. The van der Waals surface area contributed by atoms with Gasteiger partial charge < -0.3 is 0 Å². The molecule has 0 heterocycles. The summed E-state index contributed by atoms with van der Waals surface area (Å²) < 4.78 is 0. The van der Waals surface area contributed by atoms with Crippen molar-refractivity contribution in [1.29, 1.82) is 0 Å². The van der Waals surface area contributed by atoms with Crippen LogP contribution >= 0.6 is 0 Å². The second-order valence-corrected chi connectivity index (χ2v) is 4.09. The normalized spacial score (nSPS) is 19.6. The van der Waals surface area contributed by atoms with Crippen molar-refractivity contribution >= 4 is 39.2 Å². The van der Waals surface area contributed by atoms with Gasteiger partial charge in [-0.05, 0) is 0 Å². The molecule has 0 aromatic rings. The topological polar surface area (TPSA) is 0 Å². The van der Waals surface area contributed by atoms with Crippen LogP contribution in [-0.4, -0.2) is 39.2 Å². The standard InChI is InChI=1S/C11H17B3/c12-8-9-14-11(13)10-6-4-2-1-3-5-7-10/h8-10H,1-7H2. The van der Waals surface area contributed by atoms with Crippen LogP contribution in [-0.2, 0) is 0 Å². The van der Waals surface area contributed by atoms with Crippen molar-refractivity contribution in [2.24, 2.45) is 5.92 Å². The van der Waals surface area contributed by atoms with E-state index in [9.17, 15) is 0 Å². The first-order chi connectivity index (χ1) is 6.84. The maximum atomic E-state index is 6.01. The Morgan fingerprint density at radius 3 is 2.21 bits per heavy atom. The Hall–Kier alpha value is -0.195. The third-order valence-corrected chi connectivity index (χ3v) is 2.98. The van der Waals surface area contributed by atoms with Crippen LogP contribution in [0.4, 0.5) is 0 Å². The zero-order valence-corrected chi connectivity index (χ0v) is 8.91. The molecule has 0 nitrogen and oxygen atoms in total. The summed E-state index contributed by atoms with van der Waals surface area (Å²) >= 11 is 0. The molecule has 0 unspecified atom stereocenters. The maximum absolute atomic E-state index is 6.01. The fourth-order valence-electron chi connectivity index (χ4n) is 2.09. The second kappa shape index (κ2) is 7.14. The summed E-state index contributed by atoms with van der Waals surface area (Å²) in [4.78, 5) is 0. The molecule has 0 aromatic heterocycles. The molecule has 0 N–H and O–H groups in total. The fourth-order valence-corrected chi connectivity index (χ4v) is 2.09. The van der Waals surface area contributed by atoms with Gasteiger partial charge in [-0.1, -0.05) is 0 Å². The molecule has 0 bridgehead atoms. The fraction of sp³-hybridized carbons (Fsp3) is 0.727. The van der Waals surface area contributed by atoms with Gasteiger partial charge in [-0.15, -0.1) is 0 Å². The summed E-state index contributed by atoms with van der Waals surface area (Å²) in [6, 6.07) is 0. The molecule has 2 radical (unpaired) electrons. The molecule has 1 fully saturated rings. The Bertz CT molecular complexity index is 213. The van der Waals surface area contributed by atoms with Crippen LogP contribution in [0.2, 0.25) is 0 Å². The van der Waals surface area contributed by atoms with Gasteiger partial charge in [0.15, 0.2) is 0 Å². The quantitative estimate of drug-likeness (QED) is 0.573. The van der Waals surface area contributed by atoms with Crippen LogP contribution < -0.4 is 0 Å². The van der Waals surface area contributed by atoms with E-state index in [0.29, 0.717) is 5.92 Å². The van der Waals surface area contributed by atoms with Crippen LogP contribution in [0.3, 0.4) is 0 Å². The molecule has 1 rings (SSSR count). The average molecular weight is 182 g/mol. The van der Waals surface area contributed by atoms with Gasteiger partial charge in [-0.3, -0.25) is 0 Å². The molecule has 1 aliphatic rings. The molecule has 70 valence electrons. The zero-order valence-electron chi connectivity index (χ0n) is 8.91. The monoisotopic (exact) mass is 182 g/mol. The Labute approximate surface area is 90.5 Å². The average Bonchev–Trinajstić information content (AvgIpc) is 2.13. The summed E-state index contributed by atoms with van der Waals surface area (Å²) in [7, 11) is 11.3. The van der Waals surface area contributed by atoms with Crippen molar-refractivity contribution in [1.82, 2.24) is 0 Å². The second-order valence-electron chi connectivity index (χ2n) is 4.09. The first kappa shape index (κ1) is 11.9. The van der Waals surface area contributed by atoms with E-state index in [2.05, 4.69) is 0 Å². The van der Waals surface area contributed by atoms with Crippen LogP contribution in [0.25, 0.3) is 0 Å². The minimum absolute atomic E-state index is 0.589. The number of rotatable bonds is 3. The van der Waals surface area contributed by atoms with E-state index in [1.807, 2.05) is 12.9 Å². The van der Waals surface area contributed by atoms with Gasteiger partial charge >= 0.3 is 90.1 Å². The predicted molar refractivity (Wildman–Crippen MR) is 70.2 cm³/mol. The van der Waals surface area contributed by atoms with E-state index in [4.69, 9.17) is 15.0 Å². The van der Waals surface area contributed by atoms with Gasteiger partial charge in [-0.2, -0.15) is 0 Å². The Balaban J connectivity index is 2.42. The molecule has 0 amide bonds. The van der Waals surface area contributed by atoms with Crippen molar-refractivity contribution < 1.29 is 0 Å². The van der Waals surface area contributed by atoms with E-state index in [0.717, 1.165) is 5.36 Å². The van der Waals surface area contributed by atoms with Crippen molar-refractivity contribution in [3.05, 3.63) is 0 Å². The van der Waals surface area contributed by atoms with Crippen molar-refractivity contribution in [2.45, 2.75) is 44.9 Å². The Morgan fingerprint density at radius 1 is 1.07 bits per heavy atom. The molecule has 3 heteroatoms. The molecule has 0 saturated heterocycles. The predicted octanol–water partition coefficient (Wildman–Crippen LogP) is 1.12. The van der Waals surface area contributed by atoms with E-state index >= 15 is 0 Å². The third-order valence-electron chi connectivity index (χ3n) is 2.98. The van der Waals surface area contributed by atoms with Gasteiger partial charge in [0.2, 0.25) is 0 Å². The van der Waals surface area contributed by atoms with E-state index in [-0.39, 0.29) is 0 Å². The van der Waals surface area contributed by atoms with Crippen molar-refractivity contribution in [2.75, 3.05) is 0 Å². The number of hydrogen-bond acceptors (Lipinski definition) is 0. The number of hydrogen-bond donors (Lipinski definition) is 0. The van der Waals surface area contributed by atoms with Crippen LogP contribution in [0.5, 0.6) is 0 Å². The van der Waals surface area contributed by atoms with Gasteiger partial charge in [0.1, 0.15) is 0 Å². The molecule has 0 spiro atoms. The van der Waals surface area contributed by atoms with Crippen molar-refractivity contribution in [3.8, 4) is 0 Å². The van der Waals surface area contributed by atoms with E-state index < -0.39 is 0 Å². The van der Waals surface area contributed by atoms with Crippen LogP contribution in [0.1, 0.15) is 44.9 Å². The third kappa shape index (κ3) is 4.35.